The third kappa shape index (κ3) is 5.30. The number of thiophene rings is 1. The Bertz CT molecular complexity index is 999. The molecular formula is C23H25NO5S. The summed E-state index contributed by atoms with van der Waals surface area (Å²) in [7, 11) is 0. The molecule has 1 aromatic carbocycles. The maximum absolute atomic E-state index is 13.1. The molecule has 0 N–H and O–H groups in total. The molecule has 0 radical (unpaired) electrons. The van der Waals surface area contributed by atoms with Crippen molar-refractivity contribution in [2.24, 2.45) is 0 Å². The van der Waals surface area contributed by atoms with Crippen molar-refractivity contribution in [1.29, 1.82) is 0 Å². The number of nitrogens with zero attached hydrogens (tertiary/aromatic N) is 1. The highest BCUT2D eigenvalue weighted by atomic mass is 32.1. The van der Waals surface area contributed by atoms with Gasteiger partial charge in [-0.2, -0.15) is 0 Å². The van der Waals surface area contributed by atoms with Gasteiger partial charge in [0.1, 0.15) is 13.2 Å². The Kier molecular flexibility index (Phi) is 7.18. The molecule has 0 saturated heterocycles. The van der Waals surface area contributed by atoms with Gasteiger partial charge in [0.2, 0.25) is 0 Å². The molecule has 7 heteroatoms. The normalized spacial score (nSPS) is 15.2. The van der Waals surface area contributed by atoms with Crippen LogP contribution in [0.5, 0.6) is 11.5 Å². The molecule has 2 aliphatic rings. The molecule has 0 saturated carbocycles. The molecule has 0 unspecified atom stereocenters. The molecule has 2 aliphatic heterocycles. The van der Waals surface area contributed by atoms with Crippen molar-refractivity contribution in [1.82, 2.24) is 4.57 Å². The summed E-state index contributed by atoms with van der Waals surface area (Å²) in [6.07, 6.45) is 0.808. The van der Waals surface area contributed by atoms with Crippen LogP contribution in [0.3, 0.4) is 0 Å². The lowest BCUT2D eigenvalue weighted by atomic mass is 10.2. The highest BCUT2D eigenvalue weighted by Gasteiger charge is 2.11. The Labute approximate surface area is 179 Å². The van der Waals surface area contributed by atoms with Crippen LogP contribution < -0.4 is 15.0 Å². The second-order valence-corrected chi connectivity index (χ2v) is 7.92. The zero-order chi connectivity index (χ0) is 20.6. The van der Waals surface area contributed by atoms with Crippen LogP contribution in [-0.2, 0) is 35.7 Å². The van der Waals surface area contributed by atoms with Gasteiger partial charge in [-0.3, -0.25) is 4.79 Å². The van der Waals surface area contributed by atoms with Gasteiger partial charge in [-0.15, -0.1) is 11.3 Å². The third-order valence-corrected chi connectivity index (χ3v) is 5.77. The number of rotatable bonds is 3. The van der Waals surface area contributed by atoms with E-state index >= 15 is 0 Å². The van der Waals surface area contributed by atoms with Crippen LogP contribution in [0.1, 0.15) is 16.1 Å². The molecule has 0 aliphatic carbocycles. The van der Waals surface area contributed by atoms with Gasteiger partial charge in [0.05, 0.1) is 26.4 Å². The van der Waals surface area contributed by atoms with Gasteiger partial charge in [-0.05, 0) is 42.1 Å². The van der Waals surface area contributed by atoms with E-state index in [2.05, 4.69) is 11.4 Å². The Hall–Kier alpha value is -2.61. The molecule has 2 bridgehead atoms. The van der Waals surface area contributed by atoms with Crippen LogP contribution >= 0.6 is 11.3 Å². The molecular weight excluding hydrogens is 402 g/mol. The number of ether oxygens (including phenoxy) is 4. The Morgan fingerprint density at radius 1 is 0.833 bits per heavy atom. The second kappa shape index (κ2) is 10.4. The first-order chi connectivity index (χ1) is 14.8. The summed E-state index contributed by atoms with van der Waals surface area (Å²) < 4.78 is 24.9. The zero-order valence-corrected chi connectivity index (χ0v) is 17.6. The van der Waals surface area contributed by atoms with Crippen molar-refractivity contribution in [2.75, 3.05) is 26.4 Å². The fraction of sp³-hybridized carbons (Fsp3) is 0.348. The Morgan fingerprint density at radius 2 is 1.57 bits per heavy atom. The molecule has 0 spiro atoms. The number of aryl methyl sites for hydroxylation is 1. The summed E-state index contributed by atoms with van der Waals surface area (Å²) >= 11 is 1.70. The van der Waals surface area contributed by atoms with E-state index in [4.69, 9.17) is 18.9 Å². The average molecular weight is 428 g/mol. The maximum atomic E-state index is 13.1. The highest BCUT2D eigenvalue weighted by Crippen LogP contribution is 2.26. The van der Waals surface area contributed by atoms with E-state index in [-0.39, 0.29) is 12.2 Å². The van der Waals surface area contributed by atoms with E-state index < -0.39 is 0 Å². The molecule has 0 amide bonds. The molecule has 5 rings (SSSR count). The molecule has 0 atom stereocenters. The molecule has 2 aromatic heterocycles. The SMILES string of the molecule is O=c1c2ccc(n1CCc1cccs1)COCCOc1ccccc1OCCOC2. The lowest BCUT2D eigenvalue weighted by Crippen LogP contribution is -2.28. The van der Waals surface area contributed by atoms with Crippen LogP contribution in [-0.4, -0.2) is 31.0 Å². The summed E-state index contributed by atoms with van der Waals surface area (Å²) in [5.74, 6) is 1.36. The van der Waals surface area contributed by atoms with Crippen molar-refractivity contribution in [3.8, 4) is 11.5 Å². The van der Waals surface area contributed by atoms with Crippen molar-refractivity contribution in [3.63, 3.8) is 0 Å². The van der Waals surface area contributed by atoms with Crippen LogP contribution in [0.4, 0.5) is 0 Å². The van der Waals surface area contributed by atoms with Crippen molar-refractivity contribution in [2.45, 2.75) is 26.2 Å². The molecule has 3 aromatic rings. The summed E-state index contributed by atoms with van der Waals surface area (Å²) in [6, 6.07) is 15.5. The monoisotopic (exact) mass is 427 g/mol. The average Bonchev–Trinajstić information content (AvgIpc) is 3.28. The molecule has 6 nitrogen and oxygen atoms in total. The van der Waals surface area contributed by atoms with Gasteiger partial charge in [-0.25, -0.2) is 0 Å². The highest BCUT2D eigenvalue weighted by molar-refractivity contribution is 7.09. The third-order valence-electron chi connectivity index (χ3n) is 4.83. The van der Waals surface area contributed by atoms with Crippen LogP contribution in [0, 0.1) is 0 Å². The van der Waals surface area contributed by atoms with Gasteiger partial charge in [-0.1, -0.05) is 18.2 Å². The first kappa shape index (κ1) is 20.7. The molecule has 0 fully saturated rings. The predicted molar refractivity (Wildman–Crippen MR) is 115 cm³/mol. The van der Waals surface area contributed by atoms with Crippen LogP contribution in [0.15, 0.2) is 58.7 Å². The van der Waals surface area contributed by atoms with Crippen LogP contribution in [0.2, 0.25) is 0 Å². The maximum Gasteiger partial charge on any atom is 0.256 e. The van der Waals surface area contributed by atoms with Crippen molar-refractivity contribution in [3.05, 3.63) is 80.4 Å². The van der Waals surface area contributed by atoms with Crippen molar-refractivity contribution < 1.29 is 18.9 Å². The topological polar surface area (TPSA) is 58.9 Å². The summed E-state index contributed by atoms with van der Waals surface area (Å²) in [5.41, 5.74) is 1.47. The lowest BCUT2D eigenvalue weighted by Gasteiger charge is -2.17. The fourth-order valence-electron chi connectivity index (χ4n) is 3.29. The van der Waals surface area contributed by atoms with E-state index in [0.29, 0.717) is 56.6 Å². The number of hydrogen-bond acceptors (Lipinski definition) is 6. The summed E-state index contributed by atoms with van der Waals surface area (Å²) in [4.78, 5) is 14.3. The quantitative estimate of drug-likeness (QED) is 0.639. The molecule has 158 valence electrons. The number of fused-ring (bicyclic) bond motifs is 10. The predicted octanol–water partition coefficient (Wildman–Crippen LogP) is 3.66. The van der Waals surface area contributed by atoms with Gasteiger partial charge in [0, 0.05) is 22.7 Å². The van der Waals surface area contributed by atoms with Gasteiger partial charge < -0.3 is 23.5 Å². The minimum Gasteiger partial charge on any atom is -0.487 e. The van der Waals surface area contributed by atoms with E-state index in [1.807, 2.05) is 42.5 Å². The smallest absolute Gasteiger partial charge is 0.256 e. The van der Waals surface area contributed by atoms with Crippen LogP contribution in [0.25, 0.3) is 0 Å². The van der Waals surface area contributed by atoms with Gasteiger partial charge >= 0.3 is 0 Å². The largest absolute Gasteiger partial charge is 0.487 e. The number of aromatic nitrogens is 1. The minimum absolute atomic E-state index is 0.0257. The number of benzene rings is 1. The van der Waals surface area contributed by atoms with Gasteiger partial charge in [0.25, 0.3) is 5.56 Å². The van der Waals surface area contributed by atoms with E-state index in [9.17, 15) is 4.79 Å². The second-order valence-electron chi connectivity index (χ2n) is 6.88. The standard InChI is InChI=1S/C23H25NO5S/c25-23-18-7-8-19(24(23)10-9-20-4-3-15-30-20)17-27-12-14-29-22-6-2-1-5-21(22)28-13-11-26-16-18/h1-8,15H,9-14,16-17H2. The molecule has 30 heavy (non-hydrogen) atoms. The van der Waals surface area contributed by atoms with Crippen molar-refractivity contribution >= 4 is 11.3 Å². The first-order valence-corrected chi connectivity index (χ1v) is 10.9. The van der Waals surface area contributed by atoms with E-state index in [1.54, 1.807) is 15.9 Å². The Morgan fingerprint density at radius 3 is 2.27 bits per heavy atom. The Balaban J connectivity index is 1.50. The van der Waals surface area contributed by atoms with E-state index in [1.165, 1.54) is 4.88 Å². The zero-order valence-electron chi connectivity index (χ0n) is 16.7. The number of pyridine rings is 1. The molecule has 4 heterocycles. The summed E-state index contributed by atoms with van der Waals surface area (Å²) in [6.45, 7) is 2.78. The minimum atomic E-state index is -0.0257. The number of hydrogen-bond donors (Lipinski definition) is 0. The van der Waals surface area contributed by atoms with Gasteiger partial charge in [0.15, 0.2) is 11.5 Å². The summed E-state index contributed by atoms with van der Waals surface area (Å²) in [5, 5.41) is 2.05. The fourth-order valence-corrected chi connectivity index (χ4v) is 3.99. The lowest BCUT2D eigenvalue weighted by molar-refractivity contribution is 0.0753. The van der Waals surface area contributed by atoms with E-state index in [0.717, 1.165) is 12.1 Å². The number of para-hydroxylation sites is 2. The first-order valence-electron chi connectivity index (χ1n) is 10.1.